The van der Waals surface area contributed by atoms with Gasteiger partial charge in [0, 0.05) is 35.2 Å². The number of benzene rings is 5. The minimum Gasteiger partial charge on any atom is -0.494 e. The summed E-state index contributed by atoms with van der Waals surface area (Å²) in [4.78, 5) is 9.91. The molecule has 2 aromatic heterocycles. The number of nitrogens with zero attached hydrogens (tertiary/aromatic N) is 3. The predicted octanol–water partition coefficient (Wildman–Crippen LogP) is 9.79. The van der Waals surface area contributed by atoms with Crippen LogP contribution in [0.25, 0.3) is 17.3 Å². The van der Waals surface area contributed by atoms with Gasteiger partial charge in [-0.15, -0.1) is 0 Å². The van der Waals surface area contributed by atoms with Crippen molar-refractivity contribution in [2.75, 3.05) is 12.3 Å². The Bertz CT molecular complexity index is 2410. The second-order valence-corrected chi connectivity index (χ2v) is 14.8. The smallest absolute Gasteiger partial charge is 0.169 e. The Balaban J connectivity index is 1.53. The van der Waals surface area contributed by atoms with Crippen LogP contribution < -0.4 is 20.9 Å². The summed E-state index contributed by atoms with van der Waals surface area (Å²) in [7, 11) is 0. The van der Waals surface area contributed by atoms with Crippen molar-refractivity contribution in [2.24, 2.45) is 5.73 Å². The number of ether oxygens (including phenoxy) is 2. The third-order valence-corrected chi connectivity index (χ3v) is 10.7. The average Bonchev–Trinajstić information content (AvgIpc) is 3.66. The number of hydrogen-bond donors (Lipinski definition) is 2. The summed E-state index contributed by atoms with van der Waals surface area (Å²) in [6.45, 7) is 6.02. The average molecular weight is 756 g/mol. The first-order chi connectivity index (χ1) is 27.7. The molecule has 0 amide bonds. The zero-order valence-corrected chi connectivity index (χ0v) is 32.3. The van der Waals surface area contributed by atoms with Gasteiger partial charge >= 0.3 is 0 Å². The molecule has 2 unspecified atom stereocenters. The van der Waals surface area contributed by atoms with E-state index in [2.05, 4.69) is 52.1 Å². The number of rotatable bonds is 12. The fourth-order valence-electron chi connectivity index (χ4n) is 8.34. The molecule has 0 radical (unpaired) electrons. The minimum atomic E-state index is -1.24. The number of nitrogens with two attached hydrogens (primary N) is 2. The predicted molar refractivity (Wildman–Crippen MR) is 226 cm³/mol. The summed E-state index contributed by atoms with van der Waals surface area (Å²) < 4.78 is 32.2. The van der Waals surface area contributed by atoms with Crippen molar-refractivity contribution in [3.63, 3.8) is 0 Å². The Morgan fingerprint density at radius 1 is 0.825 bits per heavy atom. The monoisotopic (exact) mass is 755 g/mol. The first-order valence-electron chi connectivity index (χ1n) is 19.4. The highest BCUT2D eigenvalue weighted by Crippen LogP contribution is 2.49. The molecule has 286 valence electrons. The largest absolute Gasteiger partial charge is 0.494 e. The van der Waals surface area contributed by atoms with E-state index in [-0.39, 0.29) is 11.9 Å². The Labute approximate surface area is 333 Å². The van der Waals surface area contributed by atoms with Crippen LogP contribution in [0.3, 0.4) is 0 Å². The van der Waals surface area contributed by atoms with E-state index >= 15 is 4.39 Å². The second kappa shape index (κ2) is 15.6. The Morgan fingerprint density at radius 2 is 1.40 bits per heavy atom. The topological polar surface area (TPSA) is 101 Å². The molecule has 1 aliphatic rings. The van der Waals surface area contributed by atoms with E-state index in [1.54, 1.807) is 18.3 Å². The van der Waals surface area contributed by atoms with Crippen molar-refractivity contribution in [1.82, 2.24) is 14.5 Å². The van der Waals surface area contributed by atoms with E-state index in [9.17, 15) is 0 Å². The molecular formula is C49H46FN5O2. The van der Waals surface area contributed by atoms with Gasteiger partial charge in [-0.05, 0) is 61.6 Å². The molecular weight excluding hydrogens is 710 g/mol. The highest BCUT2D eigenvalue weighted by molar-refractivity contribution is 5.69. The summed E-state index contributed by atoms with van der Waals surface area (Å²) in [6, 6.07) is 46.5. The number of nitrogen functional groups attached to an aromatic ring is 1. The maximum Gasteiger partial charge on any atom is 0.169 e. The van der Waals surface area contributed by atoms with Gasteiger partial charge in [-0.3, -0.25) is 0 Å². The summed E-state index contributed by atoms with van der Waals surface area (Å²) in [5.41, 5.74) is 18.5. The molecule has 2 atom stereocenters. The van der Waals surface area contributed by atoms with E-state index in [4.69, 9.17) is 25.9 Å². The van der Waals surface area contributed by atoms with E-state index in [0.717, 1.165) is 33.4 Å². The van der Waals surface area contributed by atoms with Crippen LogP contribution in [-0.2, 0) is 12.0 Å². The number of imidazole rings is 1. The van der Waals surface area contributed by atoms with Gasteiger partial charge in [0.05, 0.1) is 29.9 Å². The number of halogens is 1. The summed E-state index contributed by atoms with van der Waals surface area (Å²) >= 11 is 0. The number of fused-ring (bicyclic) bond motifs is 1. The van der Waals surface area contributed by atoms with Crippen molar-refractivity contribution in [3.05, 3.63) is 203 Å². The van der Waals surface area contributed by atoms with Gasteiger partial charge in [0.1, 0.15) is 22.9 Å². The highest BCUT2D eigenvalue weighted by atomic mass is 19.1. The van der Waals surface area contributed by atoms with Gasteiger partial charge in [-0.2, -0.15) is 0 Å². The Hall–Kier alpha value is -6.51. The zero-order valence-electron chi connectivity index (χ0n) is 32.3. The van der Waals surface area contributed by atoms with Crippen molar-refractivity contribution in [3.8, 4) is 22.8 Å². The second-order valence-electron chi connectivity index (χ2n) is 14.8. The molecule has 8 rings (SSSR count). The number of aromatic nitrogens is 3. The SMILES string of the molecule is CCOc1cc(OC(C)C)c(F)c(C(c2nc(-c3ccccc3)cn2C(c2ccccc2)(c2ccccc2)c2ccccc2)C2(N)C=Cc3c(ccnc3N)C2)c1. The van der Waals surface area contributed by atoms with Crippen molar-refractivity contribution in [2.45, 2.75) is 50.3 Å². The van der Waals surface area contributed by atoms with Crippen LogP contribution in [0, 0.1) is 5.82 Å². The zero-order chi connectivity index (χ0) is 39.6. The molecule has 57 heavy (non-hydrogen) atoms. The third-order valence-electron chi connectivity index (χ3n) is 10.7. The molecule has 0 spiro atoms. The van der Waals surface area contributed by atoms with Crippen molar-refractivity contribution in [1.29, 1.82) is 0 Å². The Morgan fingerprint density at radius 3 is 1.96 bits per heavy atom. The number of anilines is 1. The highest BCUT2D eigenvalue weighted by Gasteiger charge is 2.47. The van der Waals surface area contributed by atoms with Crippen LogP contribution >= 0.6 is 0 Å². The van der Waals surface area contributed by atoms with E-state index in [1.165, 1.54) is 0 Å². The third kappa shape index (κ3) is 6.87. The lowest BCUT2D eigenvalue weighted by Gasteiger charge is -2.43. The van der Waals surface area contributed by atoms with Crippen LogP contribution in [0.2, 0.25) is 0 Å². The molecule has 0 saturated carbocycles. The first kappa shape index (κ1) is 37.4. The molecule has 5 aromatic carbocycles. The molecule has 2 heterocycles. The summed E-state index contributed by atoms with van der Waals surface area (Å²) in [6.07, 6.45) is 7.63. The van der Waals surface area contributed by atoms with Gasteiger partial charge in [0.2, 0.25) is 0 Å². The minimum absolute atomic E-state index is 0.0787. The molecule has 7 nitrogen and oxygen atoms in total. The van der Waals surface area contributed by atoms with E-state index in [1.807, 2.05) is 124 Å². The molecule has 0 aliphatic heterocycles. The van der Waals surface area contributed by atoms with Crippen LogP contribution in [0.4, 0.5) is 10.2 Å². The first-order valence-corrected chi connectivity index (χ1v) is 19.4. The number of pyridine rings is 1. The fourth-order valence-corrected chi connectivity index (χ4v) is 8.34. The van der Waals surface area contributed by atoms with E-state index in [0.29, 0.717) is 41.7 Å². The fraction of sp³-hybridized carbons (Fsp3) is 0.184. The van der Waals surface area contributed by atoms with Crippen LogP contribution in [-0.4, -0.2) is 32.8 Å². The van der Waals surface area contributed by atoms with Gasteiger partial charge in [0.25, 0.3) is 0 Å². The van der Waals surface area contributed by atoms with Gasteiger partial charge in [-0.1, -0.05) is 133 Å². The van der Waals surface area contributed by atoms with Crippen LogP contribution in [0.1, 0.15) is 65.9 Å². The van der Waals surface area contributed by atoms with Crippen LogP contribution in [0.15, 0.2) is 158 Å². The summed E-state index contributed by atoms with van der Waals surface area (Å²) in [5, 5.41) is 0. The van der Waals surface area contributed by atoms with E-state index < -0.39 is 22.8 Å². The lowest BCUT2D eigenvalue weighted by Crippen LogP contribution is -2.50. The molecule has 8 heteroatoms. The van der Waals surface area contributed by atoms with Gasteiger partial charge < -0.3 is 25.5 Å². The maximum absolute atomic E-state index is 17.7. The maximum atomic E-state index is 17.7. The lowest BCUT2D eigenvalue weighted by molar-refractivity contribution is 0.227. The molecule has 0 bridgehead atoms. The quantitative estimate of drug-likeness (QED) is 0.121. The standard InChI is InChI=1S/C49H46FN5O2/c1-4-56-39-29-41(45(50)43(30-39)57-33(2)3)44(48(52)27-25-40-35(31-48)26-28-53-46(40)51)47-54-42(34-17-9-5-10-18-34)32-55(47)49(36-19-11-6-12-20-36,37-21-13-7-14-22-37)38-23-15-8-16-24-38/h5-30,32-33,44H,4,31,52H2,1-3H3,(H2,51,53). The Kier molecular flexibility index (Phi) is 10.2. The van der Waals surface area contributed by atoms with Gasteiger partial charge in [0.15, 0.2) is 11.6 Å². The molecule has 4 N–H and O–H groups in total. The van der Waals surface area contributed by atoms with Crippen molar-refractivity contribution < 1.29 is 13.9 Å². The molecule has 0 fully saturated rings. The molecule has 7 aromatic rings. The molecule has 0 saturated heterocycles. The summed E-state index contributed by atoms with van der Waals surface area (Å²) in [5.74, 6) is 0.0634. The van der Waals surface area contributed by atoms with Crippen LogP contribution in [0.5, 0.6) is 11.5 Å². The number of hydrogen-bond acceptors (Lipinski definition) is 6. The normalized spacial score (nSPS) is 15.6. The van der Waals surface area contributed by atoms with Gasteiger partial charge in [-0.25, -0.2) is 14.4 Å². The lowest BCUT2D eigenvalue weighted by atomic mass is 9.71. The van der Waals surface area contributed by atoms with Crippen molar-refractivity contribution >= 4 is 11.9 Å². The molecule has 1 aliphatic carbocycles.